The molecule has 2 fully saturated rings. The fourth-order valence-corrected chi connectivity index (χ4v) is 3.33. The van der Waals surface area contributed by atoms with Gasteiger partial charge in [0.2, 0.25) is 5.88 Å². The molecule has 26 heavy (non-hydrogen) atoms. The maximum atomic E-state index is 5.53. The molecule has 1 saturated carbocycles. The number of ether oxygens (including phenoxy) is 1. The average Bonchev–Trinajstić information content (AvgIpc) is 3.51. The van der Waals surface area contributed by atoms with Crippen molar-refractivity contribution in [3.63, 3.8) is 0 Å². The Morgan fingerprint density at radius 3 is 2.65 bits per heavy atom. The zero-order chi connectivity index (χ0) is 18.2. The summed E-state index contributed by atoms with van der Waals surface area (Å²) in [6, 6.07) is 5.37. The number of nitrogens with one attached hydrogen (secondary N) is 2. The van der Waals surface area contributed by atoms with Gasteiger partial charge in [0.25, 0.3) is 0 Å². The molecule has 0 amide bonds. The van der Waals surface area contributed by atoms with E-state index in [1.165, 1.54) is 38.8 Å². The minimum atomic E-state index is 0.519. The van der Waals surface area contributed by atoms with Gasteiger partial charge < -0.3 is 20.3 Å². The maximum Gasteiger partial charge on any atom is 0.213 e. The van der Waals surface area contributed by atoms with Crippen molar-refractivity contribution in [1.29, 1.82) is 0 Å². The van der Waals surface area contributed by atoms with Crippen molar-refractivity contribution < 1.29 is 4.74 Å². The molecule has 0 bridgehead atoms. The zero-order valence-electron chi connectivity index (χ0n) is 16.2. The van der Waals surface area contributed by atoms with Crippen molar-refractivity contribution in [3.05, 3.63) is 23.9 Å². The Kier molecular flexibility index (Phi) is 7.12. The van der Waals surface area contributed by atoms with Gasteiger partial charge in [0.05, 0.1) is 13.2 Å². The van der Waals surface area contributed by atoms with Crippen molar-refractivity contribution in [1.82, 2.24) is 20.5 Å². The molecule has 0 atom stereocenters. The van der Waals surface area contributed by atoms with Crippen LogP contribution < -0.4 is 15.4 Å². The lowest BCUT2D eigenvalue weighted by atomic mass is 10.1. The molecule has 0 aromatic carbocycles. The Balaban J connectivity index is 1.48. The minimum Gasteiger partial charge on any atom is -0.478 e. The first-order chi connectivity index (χ1) is 12.8. The second-order valence-electron chi connectivity index (χ2n) is 7.23. The molecular weight excluding hydrogens is 326 g/mol. The van der Waals surface area contributed by atoms with Gasteiger partial charge in [-0.05, 0) is 44.6 Å². The van der Waals surface area contributed by atoms with E-state index in [2.05, 4.69) is 34.4 Å². The van der Waals surface area contributed by atoms with Crippen LogP contribution in [0, 0.1) is 0 Å². The van der Waals surface area contributed by atoms with Gasteiger partial charge in [0, 0.05) is 44.0 Å². The van der Waals surface area contributed by atoms with E-state index in [1.807, 2.05) is 18.3 Å². The van der Waals surface area contributed by atoms with Crippen molar-refractivity contribution in [2.75, 3.05) is 26.2 Å². The molecule has 1 saturated heterocycles. The fourth-order valence-electron chi connectivity index (χ4n) is 3.33. The first-order valence-electron chi connectivity index (χ1n) is 10.1. The number of aliphatic imine (C=N–C) groups is 1. The first kappa shape index (κ1) is 19.0. The van der Waals surface area contributed by atoms with Crippen LogP contribution in [0.5, 0.6) is 5.88 Å². The molecule has 1 aliphatic carbocycles. The number of guanidine groups is 1. The van der Waals surface area contributed by atoms with Crippen LogP contribution in [0.1, 0.15) is 51.5 Å². The Morgan fingerprint density at radius 1 is 1.23 bits per heavy atom. The monoisotopic (exact) mass is 359 g/mol. The van der Waals surface area contributed by atoms with Crippen LogP contribution in [0.3, 0.4) is 0 Å². The maximum absolute atomic E-state index is 5.53. The zero-order valence-corrected chi connectivity index (χ0v) is 16.2. The molecule has 144 valence electrons. The second-order valence-corrected chi connectivity index (χ2v) is 7.23. The van der Waals surface area contributed by atoms with E-state index >= 15 is 0 Å². The molecule has 6 nitrogen and oxygen atoms in total. The first-order valence-corrected chi connectivity index (χ1v) is 10.1. The van der Waals surface area contributed by atoms with Crippen molar-refractivity contribution >= 4 is 5.96 Å². The topological polar surface area (TPSA) is 61.8 Å². The molecule has 0 radical (unpaired) electrons. The third-order valence-corrected chi connectivity index (χ3v) is 4.95. The smallest absolute Gasteiger partial charge is 0.213 e. The highest BCUT2D eigenvalue weighted by Gasteiger charge is 2.31. The second kappa shape index (κ2) is 9.76. The molecule has 0 spiro atoms. The van der Waals surface area contributed by atoms with Crippen LogP contribution in [0.25, 0.3) is 0 Å². The molecular formula is C20H33N5O. The van der Waals surface area contributed by atoms with Crippen LogP contribution in [-0.2, 0) is 6.54 Å². The summed E-state index contributed by atoms with van der Waals surface area (Å²) in [5, 5.41) is 6.98. The predicted molar refractivity (Wildman–Crippen MR) is 106 cm³/mol. The molecule has 1 aromatic rings. The molecule has 6 heteroatoms. The van der Waals surface area contributed by atoms with Crippen molar-refractivity contribution in [3.8, 4) is 5.88 Å². The molecule has 1 aliphatic heterocycles. The van der Waals surface area contributed by atoms with Gasteiger partial charge >= 0.3 is 0 Å². The highest BCUT2D eigenvalue weighted by Crippen LogP contribution is 2.29. The van der Waals surface area contributed by atoms with Gasteiger partial charge in [-0.25, -0.2) is 9.98 Å². The SMILES string of the molecule is CCCOc1ccc(CN=C(NCC)NC2CCN(C3CC3)CC2)cn1. The molecule has 1 aromatic heterocycles. The van der Waals surface area contributed by atoms with Gasteiger partial charge in [-0.15, -0.1) is 0 Å². The van der Waals surface area contributed by atoms with Gasteiger partial charge in [-0.2, -0.15) is 0 Å². The Morgan fingerprint density at radius 2 is 2.04 bits per heavy atom. The van der Waals surface area contributed by atoms with E-state index in [0.29, 0.717) is 25.1 Å². The van der Waals surface area contributed by atoms with Crippen molar-refractivity contribution in [2.45, 2.75) is 64.6 Å². The van der Waals surface area contributed by atoms with E-state index in [1.54, 1.807) is 0 Å². The lowest BCUT2D eigenvalue weighted by molar-refractivity contribution is 0.197. The third-order valence-electron chi connectivity index (χ3n) is 4.95. The molecule has 2 N–H and O–H groups in total. The van der Waals surface area contributed by atoms with Gasteiger partial charge in [-0.3, -0.25) is 0 Å². The quantitative estimate of drug-likeness (QED) is 0.552. The Labute approximate surface area is 157 Å². The minimum absolute atomic E-state index is 0.519. The van der Waals surface area contributed by atoms with Gasteiger partial charge in [-0.1, -0.05) is 13.0 Å². The number of aromatic nitrogens is 1. The standard InChI is InChI=1S/C20H33N5O/c1-3-13-26-19-8-5-16(14-22-19)15-23-20(21-4-2)24-17-9-11-25(12-10-17)18-6-7-18/h5,8,14,17-18H,3-4,6-7,9-13,15H2,1-2H3,(H2,21,23,24). The summed E-state index contributed by atoms with van der Waals surface area (Å²) in [7, 11) is 0. The van der Waals surface area contributed by atoms with E-state index in [4.69, 9.17) is 9.73 Å². The predicted octanol–water partition coefficient (Wildman–Crippen LogP) is 2.55. The van der Waals surface area contributed by atoms with Crippen LogP contribution in [-0.4, -0.2) is 54.2 Å². The normalized spacial score (nSPS) is 19.4. The average molecular weight is 360 g/mol. The number of likely N-dealkylation sites (tertiary alicyclic amines) is 1. The molecule has 2 heterocycles. The Bertz CT molecular complexity index is 562. The van der Waals surface area contributed by atoms with E-state index in [0.717, 1.165) is 30.5 Å². The molecule has 3 rings (SSSR count). The van der Waals surface area contributed by atoms with E-state index in [-0.39, 0.29) is 0 Å². The number of pyridine rings is 1. The number of piperidine rings is 1. The number of hydrogen-bond donors (Lipinski definition) is 2. The Hall–Kier alpha value is -1.82. The number of rotatable bonds is 8. The molecule has 2 aliphatic rings. The summed E-state index contributed by atoms with van der Waals surface area (Å²) < 4.78 is 5.53. The van der Waals surface area contributed by atoms with Crippen LogP contribution in [0.15, 0.2) is 23.3 Å². The summed E-state index contributed by atoms with van der Waals surface area (Å²) in [4.78, 5) is 11.7. The fraction of sp³-hybridized carbons (Fsp3) is 0.700. The van der Waals surface area contributed by atoms with Crippen LogP contribution in [0.2, 0.25) is 0 Å². The number of hydrogen-bond acceptors (Lipinski definition) is 4. The third kappa shape index (κ3) is 5.87. The van der Waals surface area contributed by atoms with Crippen molar-refractivity contribution in [2.24, 2.45) is 4.99 Å². The summed E-state index contributed by atoms with van der Waals surface area (Å²) in [5.41, 5.74) is 1.09. The summed E-state index contributed by atoms with van der Waals surface area (Å²) in [6.45, 7) is 8.82. The lowest BCUT2D eigenvalue weighted by Gasteiger charge is -2.33. The summed E-state index contributed by atoms with van der Waals surface area (Å²) >= 11 is 0. The lowest BCUT2D eigenvalue weighted by Crippen LogP contribution is -2.49. The summed E-state index contributed by atoms with van der Waals surface area (Å²) in [6.07, 6.45) is 8.05. The van der Waals surface area contributed by atoms with E-state index in [9.17, 15) is 0 Å². The summed E-state index contributed by atoms with van der Waals surface area (Å²) in [5.74, 6) is 1.59. The van der Waals surface area contributed by atoms with Gasteiger partial charge in [0.15, 0.2) is 5.96 Å². The largest absolute Gasteiger partial charge is 0.478 e. The van der Waals surface area contributed by atoms with Gasteiger partial charge in [0.1, 0.15) is 0 Å². The van der Waals surface area contributed by atoms with Crippen LogP contribution >= 0.6 is 0 Å². The number of nitrogens with zero attached hydrogens (tertiary/aromatic N) is 3. The highest BCUT2D eigenvalue weighted by atomic mass is 16.5. The molecule has 0 unspecified atom stereocenters. The highest BCUT2D eigenvalue weighted by molar-refractivity contribution is 5.80. The van der Waals surface area contributed by atoms with E-state index < -0.39 is 0 Å². The van der Waals surface area contributed by atoms with Crippen LogP contribution in [0.4, 0.5) is 0 Å².